The van der Waals surface area contributed by atoms with E-state index in [1.54, 1.807) is 54.6 Å². The van der Waals surface area contributed by atoms with E-state index >= 15 is 0 Å². The molecule has 4 aliphatic heterocycles. The van der Waals surface area contributed by atoms with Crippen LogP contribution in [-0.4, -0.2) is 138 Å². The van der Waals surface area contributed by atoms with E-state index in [9.17, 15) is 23.2 Å². The smallest absolute Gasteiger partial charge is 0.247 e. The zero-order valence-electron chi connectivity index (χ0n) is 35.8. The number of piperazine rings is 4. The minimum Gasteiger partial charge on any atom is -0.398 e. The molecule has 4 saturated heterocycles. The van der Waals surface area contributed by atoms with Crippen LogP contribution in [0.5, 0.6) is 0 Å². The third-order valence-electron chi connectivity index (χ3n) is 11.9. The Kier molecular flexibility index (Phi) is 15.0. The molecule has 3 amide bonds. The van der Waals surface area contributed by atoms with Crippen LogP contribution in [0.4, 0.5) is 20.2 Å². The summed E-state index contributed by atoms with van der Waals surface area (Å²) in [5.41, 5.74) is 10.8. The van der Waals surface area contributed by atoms with Crippen LogP contribution in [0.25, 0.3) is 12.2 Å². The molecule has 63 heavy (non-hydrogen) atoms. The van der Waals surface area contributed by atoms with Gasteiger partial charge in [0.05, 0.1) is 24.2 Å². The second-order valence-corrected chi connectivity index (χ2v) is 17.9. The Morgan fingerprint density at radius 2 is 1.02 bits per heavy atom. The van der Waals surface area contributed by atoms with Gasteiger partial charge in [0.15, 0.2) is 0 Å². The Labute approximate surface area is 378 Å². The van der Waals surface area contributed by atoms with Crippen molar-refractivity contribution in [3.05, 3.63) is 141 Å². The number of carbonyl (C=O) groups is 3. The van der Waals surface area contributed by atoms with Crippen LogP contribution in [0.15, 0.2) is 97.1 Å². The highest BCUT2D eigenvalue weighted by atomic mass is 35.5. The fourth-order valence-corrected chi connectivity index (χ4v) is 9.65. The van der Waals surface area contributed by atoms with Crippen LogP contribution < -0.4 is 11.1 Å². The van der Waals surface area contributed by atoms with E-state index in [-0.39, 0.29) is 53.5 Å². The molecule has 4 atom stereocenters. The third kappa shape index (κ3) is 12.1. The van der Waals surface area contributed by atoms with Crippen molar-refractivity contribution < 1.29 is 23.2 Å². The zero-order chi connectivity index (χ0) is 44.8. The summed E-state index contributed by atoms with van der Waals surface area (Å²) >= 11 is 12.0. The van der Waals surface area contributed by atoms with Gasteiger partial charge in [-0.3, -0.25) is 24.2 Å². The van der Waals surface area contributed by atoms with Crippen LogP contribution >= 0.6 is 23.2 Å². The molecular weight excluding hydrogens is 845 g/mol. The highest BCUT2D eigenvalue weighted by Crippen LogP contribution is 2.28. The summed E-state index contributed by atoms with van der Waals surface area (Å²) in [6.45, 7) is 9.30. The van der Waals surface area contributed by atoms with Crippen LogP contribution in [0.1, 0.15) is 29.2 Å². The first-order valence-corrected chi connectivity index (χ1v) is 21.9. The quantitative estimate of drug-likeness (QED) is 0.144. The number of nitrogens with one attached hydrogen (secondary N) is 1. The maximum atomic E-state index is 13.2. The van der Waals surface area contributed by atoms with Crippen molar-refractivity contribution in [1.82, 2.24) is 29.4 Å². The second-order valence-electron chi connectivity index (χ2n) is 17.0. The number of rotatable bonds is 9. The number of halogens is 4. The fraction of sp³-hybridized carbons (Fsp3) is 0.354. The van der Waals surface area contributed by atoms with Gasteiger partial charge >= 0.3 is 0 Å². The van der Waals surface area contributed by atoms with Crippen LogP contribution in [0.2, 0.25) is 10.0 Å². The molecule has 0 spiro atoms. The molecule has 8 rings (SSSR count). The number of anilines is 2. The van der Waals surface area contributed by atoms with Crippen LogP contribution in [0.3, 0.4) is 0 Å². The Hall–Kier alpha value is -5.15. The molecule has 0 radical (unpaired) electrons. The van der Waals surface area contributed by atoms with Gasteiger partial charge in [0.1, 0.15) is 11.6 Å². The molecule has 3 N–H and O–H groups in total. The average molecular weight is 900 g/mol. The first-order chi connectivity index (χ1) is 30.2. The van der Waals surface area contributed by atoms with Gasteiger partial charge in [0.2, 0.25) is 17.7 Å². The van der Waals surface area contributed by atoms with Gasteiger partial charge in [-0.25, -0.2) is 8.78 Å². The van der Waals surface area contributed by atoms with E-state index in [2.05, 4.69) is 39.0 Å². The highest BCUT2D eigenvalue weighted by molar-refractivity contribution is 6.31. The van der Waals surface area contributed by atoms with Gasteiger partial charge in [-0.2, -0.15) is 0 Å². The van der Waals surface area contributed by atoms with Gasteiger partial charge in [-0.15, -0.1) is 0 Å². The van der Waals surface area contributed by atoms with Gasteiger partial charge < -0.3 is 30.7 Å². The average Bonchev–Trinajstić information content (AvgIpc) is 3.21. The minimum atomic E-state index is -0.234. The predicted octanol–water partition coefficient (Wildman–Crippen LogP) is 6.58. The summed E-state index contributed by atoms with van der Waals surface area (Å²) in [7, 11) is 4.18. The molecule has 0 aliphatic carbocycles. The van der Waals surface area contributed by atoms with E-state index in [4.69, 9.17) is 28.9 Å². The van der Waals surface area contributed by atoms with Crippen molar-refractivity contribution in [2.75, 3.05) is 77.5 Å². The number of fused-ring (bicyclic) bond motifs is 4. The fourth-order valence-electron chi connectivity index (χ4n) is 9.30. The van der Waals surface area contributed by atoms with E-state index in [0.29, 0.717) is 21.4 Å². The molecule has 15 heteroatoms. The summed E-state index contributed by atoms with van der Waals surface area (Å²) in [4.78, 5) is 51.1. The standard InChI is InChI=1S/C25H28ClFN4O2.C23H26ClFN4O/c1-17(32)28-24-11-20(26)7-5-19(24)6-10-25(33)31-22-13-29(2)14-23(31)16-30(15-22)12-18-3-8-21(27)9-4-18;1-27-12-20-14-28(11-16-2-7-19(25)8-3-16)15-21(13-27)29(20)23(30)9-5-17-4-6-18(24)10-22(17)26/h3-11,22-23H,12-16H2,1-2H3,(H,28,32);2-10,20-21H,11-15,26H2,1H3/b10-6+;9-5+. The number of nitrogens with two attached hydrogens (primary N) is 1. The molecule has 4 aliphatic rings. The van der Waals surface area contributed by atoms with Crippen molar-refractivity contribution in [2.24, 2.45) is 0 Å². The molecule has 4 aromatic rings. The van der Waals surface area contributed by atoms with E-state index in [0.717, 1.165) is 87.7 Å². The van der Waals surface area contributed by atoms with Crippen molar-refractivity contribution in [3.8, 4) is 0 Å². The molecule has 0 aromatic heterocycles. The molecule has 332 valence electrons. The monoisotopic (exact) mass is 898 g/mol. The topological polar surface area (TPSA) is 109 Å². The van der Waals surface area contributed by atoms with Gasteiger partial charge in [0, 0.05) is 106 Å². The Morgan fingerprint density at radius 1 is 0.619 bits per heavy atom. The van der Waals surface area contributed by atoms with Gasteiger partial charge in [-0.05, 0) is 97.0 Å². The number of nitrogen functional groups attached to an aromatic ring is 1. The minimum absolute atomic E-state index is 0.00822. The van der Waals surface area contributed by atoms with Crippen LogP contribution in [-0.2, 0) is 27.5 Å². The molecule has 4 fully saturated rings. The molecule has 4 bridgehead atoms. The number of amides is 3. The lowest BCUT2D eigenvalue weighted by Crippen LogP contribution is -2.68. The third-order valence-corrected chi connectivity index (χ3v) is 12.3. The maximum absolute atomic E-state index is 13.2. The van der Waals surface area contributed by atoms with Gasteiger partial charge in [0.25, 0.3) is 0 Å². The van der Waals surface area contributed by atoms with Crippen molar-refractivity contribution in [2.45, 2.75) is 44.2 Å². The first-order valence-electron chi connectivity index (χ1n) is 21.1. The Bertz CT molecular complexity index is 2300. The van der Waals surface area contributed by atoms with E-state index < -0.39 is 0 Å². The number of nitrogens with zero attached hydrogens (tertiary/aromatic N) is 6. The van der Waals surface area contributed by atoms with Crippen molar-refractivity contribution >= 4 is 64.5 Å². The second kappa shape index (κ2) is 20.6. The van der Waals surface area contributed by atoms with Crippen molar-refractivity contribution in [3.63, 3.8) is 0 Å². The molecule has 0 saturated carbocycles. The molecular formula is C48H54Cl2F2N8O3. The van der Waals surface area contributed by atoms with Crippen LogP contribution in [0, 0.1) is 11.6 Å². The number of hydrogen-bond acceptors (Lipinski definition) is 8. The molecule has 11 nitrogen and oxygen atoms in total. The largest absolute Gasteiger partial charge is 0.398 e. The van der Waals surface area contributed by atoms with Crippen molar-refractivity contribution in [1.29, 1.82) is 0 Å². The first kappa shape index (κ1) is 45.9. The summed E-state index contributed by atoms with van der Waals surface area (Å²) < 4.78 is 26.4. The predicted molar refractivity (Wildman–Crippen MR) is 247 cm³/mol. The molecule has 4 heterocycles. The summed E-state index contributed by atoms with van der Waals surface area (Å²) in [5, 5.41) is 3.85. The number of benzene rings is 4. The lowest BCUT2D eigenvalue weighted by atomic mass is 9.99. The lowest BCUT2D eigenvalue weighted by molar-refractivity contribution is -0.141. The normalized spacial score (nSPS) is 22.0. The number of carbonyl (C=O) groups excluding carboxylic acids is 3. The highest BCUT2D eigenvalue weighted by Gasteiger charge is 2.42. The van der Waals surface area contributed by atoms with Gasteiger partial charge in [-0.1, -0.05) is 59.6 Å². The Balaban J connectivity index is 0.000000190. The maximum Gasteiger partial charge on any atom is 0.247 e. The summed E-state index contributed by atoms with van der Waals surface area (Å²) in [5.74, 6) is -0.687. The number of hydrogen-bond donors (Lipinski definition) is 2. The summed E-state index contributed by atoms with van der Waals surface area (Å²) in [6, 6.07) is 24.1. The zero-order valence-corrected chi connectivity index (χ0v) is 37.3. The SMILES string of the molecule is CC(=O)Nc1cc(Cl)ccc1/C=C/C(=O)N1C2CN(C)CC1CN(Cc1ccc(F)cc1)C2.CN1CC2CN(Cc3ccc(F)cc3)CC(C1)N2C(=O)/C=C/c1ccc(Cl)cc1N. The van der Waals surface area contributed by atoms with E-state index in [1.165, 1.54) is 31.2 Å². The molecule has 4 unspecified atom stereocenters. The lowest BCUT2D eigenvalue weighted by Gasteiger charge is -2.52. The summed E-state index contributed by atoms with van der Waals surface area (Å²) in [6.07, 6.45) is 6.68. The number of likely N-dealkylation sites (N-methyl/N-ethyl adjacent to an activating group) is 2. The molecule has 4 aromatic carbocycles. The van der Waals surface area contributed by atoms with E-state index in [1.807, 2.05) is 40.1 Å². The Morgan fingerprint density at radius 3 is 1.43 bits per heavy atom.